The van der Waals surface area contributed by atoms with E-state index in [1.165, 1.54) is 18.2 Å². The molecule has 0 spiro atoms. The van der Waals surface area contributed by atoms with Crippen LogP contribution in [0.3, 0.4) is 0 Å². The third kappa shape index (κ3) is 2.99. The number of hydrogen-bond acceptors (Lipinski definition) is 5. The van der Waals surface area contributed by atoms with Gasteiger partial charge in [-0.15, -0.1) is 0 Å². The maximum Gasteiger partial charge on any atom is 0.488 e. The summed E-state index contributed by atoms with van der Waals surface area (Å²) in [6.07, 6.45) is 0. The molecule has 1 aromatic heterocycles. The van der Waals surface area contributed by atoms with Crippen LogP contribution in [0.2, 0.25) is 0 Å². The first-order valence-corrected chi connectivity index (χ1v) is 7.17. The molecule has 3 aromatic rings. The van der Waals surface area contributed by atoms with Crippen molar-refractivity contribution in [1.29, 1.82) is 0 Å². The van der Waals surface area contributed by atoms with Crippen molar-refractivity contribution < 1.29 is 14.5 Å². The molecule has 2 N–H and O–H groups in total. The van der Waals surface area contributed by atoms with Crippen LogP contribution in [-0.4, -0.2) is 31.3 Å². The highest BCUT2D eigenvalue weighted by atomic mass is 16.4. The highest BCUT2D eigenvalue weighted by Gasteiger charge is 2.14. The van der Waals surface area contributed by atoms with Crippen molar-refractivity contribution >= 4 is 29.2 Å². The van der Waals surface area contributed by atoms with Gasteiger partial charge >= 0.3 is 7.12 Å². The second-order valence-electron chi connectivity index (χ2n) is 5.55. The van der Waals surface area contributed by atoms with Gasteiger partial charge in [0.25, 0.3) is 0 Å². The number of nitrogens with zero attached hydrogens (tertiary/aromatic N) is 1. The third-order valence-corrected chi connectivity index (χ3v) is 3.72. The third-order valence-electron chi connectivity index (χ3n) is 3.72. The number of anilines is 1. The Morgan fingerprint density at radius 2 is 1.70 bits per heavy atom. The Morgan fingerprint density at radius 1 is 1.00 bits per heavy atom. The van der Waals surface area contributed by atoms with E-state index in [1.54, 1.807) is 6.07 Å². The molecule has 0 radical (unpaired) electrons. The zero-order chi connectivity index (χ0) is 16.6. The monoisotopic (exact) mass is 309 g/mol. The molecule has 2 aromatic carbocycles. The van der Waals surface area contributed by atoms with Crippen LogP contribution >= 0.6 is 0 Å². The summed E-state index contributed by atoms with van der Waals surface area (Å²) in [6, 6.07) is 13.6. The molecule has 1 heterocycles. The topological polar surface area (TPSA) is 73.9 Å². The average molecular weight is 309 g/mol. The summed E-state index contributed by atoms with van der Waals surface area (Å²) in [7, 11) is 2.30. The Labute approximate surface area is 133 Å². The SMILES string of the molecule is CN(C)c1ccc(-c2cc(=O)c3cc(B(O)O)ccc3o2)cc1. The minimum absolute atomic E-state index is 0.222. The average Bonchev–Trinajstić information content (AvgIpc) is 2.54. The molecule has 116 valence electrons. The highest BCUT2D eigenvalue weighted by molar-refractivity contribution is 6.58. The summed E-state index contributed by atoms with van der Waals surface area (Å²) < 4.78 is 5.79. The Balaban J connectivity index is 2.09. The summed E-state index contributed by atoms with van der Waals surface area (Å²) >= 11 is 0. The van der Waals surface area contributed by atoms with Crippen LogP contribution in [0.5, 0.6) is 0 Å². The lowest BCUT2D eigenvalue weighted by Gasteiger charge is -2.12. The van der Waals surface area contributed by atoms with Crippen LogP contribution in [0, 0.1) is 0 Å². The lowest BCUT2D eigenvalue weighted by molar-refractivity contribution is 0.426. The van der Waals surface area contributed by atoms with E-state index in [0.29, 0.717) is 16.7 Å². The molecule has 0 fully saturated rings. The molecular weight excluding hydrogens is 293 g/mol. The molecule has 0 saturated carbocycles. The summed E-state index contributed by atoms with van der Waals surface area (Å²) in [5.74, 6) is 0.477. The van der Waals surface area contributed by atoms with Gasteiger partial charge in [0.1, 0.15) is 11.3 Å². The fourth-order valence-electron chi connectivity index (χ4n) is 2.40. The van der Waals surface area contributed by atoms with Crippen LogP contribution in [0.15, 0.2) is 57.7 Å². The first-order valence-electron chi connectivity index (χ1n) is 7.17. The highest BCUT2D eigenvalue weighted by Crippen LogP contribution is 2.24. The molecule has 0 aliphatic heterocycles. The molecule has 0 saturated heterocycles. The molecule has 0 bridgehead atoms. The predicted molar refractivity (Wildman–Crippen MR) is 92.1 cm³/mol. The minimum atomic E-state index is -1.61. The normalized spacial score (nSPS) is 10.8. The van der Waals surface area contributed by atoms with Crippen LogP contribution in [-0.2, 0) is 0 Å². The van der Waals surface area contributed by atoms with E-state index in [4.69, 9.17) is 4.42 Å². The van der Waals surface area contributed by atoms with Crippen molar-refractivity contribution in [3.05, 3.63) is 58.8 Å². The first-order chi connectivity index (χ1) is 11.0. The van der Waals surface area contributed by atoms with Gasteiger partial charge in [0, 0.05) is 31.4 Å². The smallest absolute Gasteiger partial charge is 0.456 e. The molecule has 0 amide bonds. The van der Waals surface area contributed by atoms with Gasteiger partial charge < -0.3 is 19.4 Å². The minimum Gasteiger partial charge on any atom is -0.456 e. The lowest BCUT2D eigenvalue weighted by Crippen LogP contribution is -2.29. The van der Waals surface area contributed by atoms with Gasteiger partial charge in [0.15, 0.2) is 5.43 Å². The standard InChI is InChI=1S/C17H16BNO4/c1-19(2)13-6-3-11(4-7-13)17-10-15(20)14-9-12(18(21)22)5-8-16(14)23-17/h3-10,21-22H,1-2H3. The van der Waals surface area contributed by atoms with Gasteiger partial charge in [-0.05, 0) is 41.9 Å². The molecule has 23 heavy (non-hydrogen) atoms. The molecule has 0 atom stereocenters. The summed E-state index contributed by atoms with van der Waals surface area (Å²) in [4.78, 5) is 14.3. The molecule has 0 aliphatic rings. The summed E-state index contributed by atoms with van der Waals surface area (Å²) in [5, 5.41) is 18.7. The number of hydrogen-bond donors (Lipinski definition) is 2. The van der Waals surface area contributed by atoms with Crippen molar-refractivity contribution in [1.82, 2.24) is 0 Å². The van der Waals surface area contributed by atoms with Gasteiger partial charge in [-0.3, -0.25) is 4.79 Å². The second-order valence-corrected chi connectivity index (χ2v) is 5.55. The van der Waals surface area contributed by atoms with Crippen LogP contribution < -0.4 is 15.8 Å². The van der Waals surface area contributed by atoms with E-state index < -0.39 is 7.12 Å². The fourth-order valence-corrected chi connectivity index (χ4v) is 2.40. The van der Waals surface area contributed by atoms with Gasteiger partial charge in [0.2, 0.25) is 0 Å². The van der Waals surface area contributed by atoms with Gasteiger partial charge in [0.05, 0.1) is 5.39 Å². The second kappa shape index (κ2) is 5.91. The van der Waals surface area contributed by atoms with Crippen LogP contribution in [0.4, 0.5) is 5.69 Å². The van der Waals surface area contributed by atoms with Crippen molar-refractivity contribution in [2.45, 2.75) is 0 Å². The van der Waals surface area contributed by atoms with E-state index in [9.17, 15) is 14.8 Å². The zero-order valence-corrected chi connectivity index (χ0v) is 12.9. The lowest BCUT2D eigenvalue weighted by atomic mass is 9.80. The number of benzene rings is 2. The van der Waals surface area contributed by atoms with Crippen LogP contribution in [0.25, 0.3) is 22.3 Å². The quantitative estimate of drug-likeness (QED) is 0.711. The Bertz CT molecular complexity index is 901. The maximum absolute atomic E-state index is 12.3. The molecule has 6 heteroatoms. The maximum atomic E-state index is 12.3. The molecule has 0 unspecified atom stereocenters. The van der Waals surface area contributed by atoms with E-state index in [0.717, 1.165) is 11.3 Å². The largest absolute Gasteiger partial charge is 0.488 e. The summed E-state index contributed by atoms with van der Waals surface area (Å²) in [5.41, 5.74) is 2.31. The Kier molecular flexibility index (Phi) is 3.94. The number of fused-ring (bicyclic) bond motifs is 1. The van der Waals surface area contributed by atoms with Crippen molar-refractivity contribution in [3.8, 4) is 11.3 Å². The number of rotatable bonds is 3. The van der Waals surface area contributed by atoms with E-state index >= 15 is 0 Å². The summed E-state index contributed by atoms with van der Waals surface area (Å²) in [6.45, 7) is 0. The van der Waals surface area contributed by atoms with Gasteiger partial charge in [-0.1, -0.05) is 6.07 Å². The molecular formula is C17H16BNO4. The Morgan fingerprint density at radius 3 is 2.30 bits per heavy atom. The zero-order valence-electron chi connectivity index (χ0n) is 12.9. The van der Waals surface area contributed by atoms with Crippen molar-refractivity contribution in [2.24, 2.45) is 0 Å². The van der Waals surface area contributed by atoms with E-state index in [-0.39, 0.29) is 10.9 Å². The first kappa shape index (κ1) is 15.3. The molecule has 0 aliphatic carbocycles. The fraction of sp³-hybridized carbons (Fsp3) is 0.118. The molecule has 3 rings (SSSR count). The van der Waals surface area contributed by atoms with E-state index in [2.05, 4.69) is 0 Å². The van der Waals surface area contributed by atoms with Crippen molar-refractivity contribution in [3.63, 3.8) is 0 Å². The molecule has 5 nitrogen and oxygen atoms in total. The van der Waals surface area contributed by atoms with Gasteiger partial charge in [-0.25, -0.2) is 0 Å². The predicted octanol–water partition coefficient (Wildman–Crippen LogP) is 1.21. The van der Waals surface area contributed by atoms with E-state index in [1.807, 2.05) is 43.3 Å². The van der Waals surface area contributed by atoms with Crippen LogP contribution in [0.1, 0.15) is 0 Å². The Hall–Kier alpha value is -2.57. The van der Waals surface area contributed by atoms with Crippen molar-refractivity contribution in [2.75, 3.05) is 19.0 Å². The van der Waals surface area contributed by atoms with Gasteiger partial charge in [-0.2, -0.15) is 0 Å².